The molecule has 0 fully saturated rings. The number of amides is 1. The summed E-state index contributed by atoms with van der Waals surface area (Å²) in [6.45, 7) is 4.10. The van der Waals surface area contributed by atoms with Gasteiger partial charge in [-0.1, -0.05) is 18.5 Å². The molecule has 17 heavy (non-hydrogen) atoms. The highest BCUT2D eigenvalue weighted by Gasteiger charge is 2.29. The zero-order valence-electron chi connectivity index (χ0n) is 9.89. The lowest BCUT2D eigenvalue weighted by Gasteiger charge is -2.25. The first-order chi connectivity index (χ1) is 7.92. The molecule has 3 N–H and O–H groups in total. The topological polar surface area (TPSA) is 55.1 Å². The van der Waals surface area contributed by atoms with Crippen LogP contribution in [0.25, 0.3) is 0 Å². The fraction of sp³-hybridized carbons (Fsp3) is 0.417. The number of hydrogen-bond donors (Lipinski definition) is 2. The maximum atomic E-state index is 12.1. The number of nitrogens with two attached hydrogens (primary N) is 1. The zero-order valence-corrected chi connectivity index (χ0v) is 12.2. The highest BCUT2D eigenvalue weighted by atomic mass is 79.9. The summed E-state index contributed by atoms with van der Waals surface area (Å²) in [6.07, 6.45) is 0.688. The fourth-order valence-corrected chi connectivity index (χ4v) is 1.78. The van der Waals surface area contributed by atoms with Crippen LogP contribution >= 0.6 is 27.5 Å². The normalized spacial score (nSPS) is 14.2. The Morgan fingerprint density at radius 2 is 2.24 bits per heavy atom. The Morgan fingerprint density at radius 3 is 2.76 bits per heavy atom. The summed E-state index contributed by atoms with van der Waals surface area (Å²) in [4.78, 5) is 12.1. The van der Waals surface area contributed by atoms with Gasteiger partial charge in [-0.25, -0.2) is 0 Å². The van der Waals surface area contributed by atoms with Gasteiger partial charge in [0.1, 0.15) is 0 Å². The summed E-state index contributed by atoms with van der Waals surface area (Å²) in [7, 11) is 0. The van der Waals surface area contributed by atoms with Crippen LogP contribution in [0.15, 0.2) is 22.7 Å². The number of hydrogen-bond acceptors (Lipinski definition) is 2. The van der Waals surface area contributed by atoms with Crippen molar-refractivity contribution in [1.82, 2.24) is 0 Å². The largest absolute Gasteiger partial charge is 0.329 e. The summed E-state index contributed by atoms with van der Waals surface area (Å²) < 4.78 is 0.797. The van der Waals surface area contributed by atoms with Gasteiger partial charge >= 0.3 is 0 Å². The first-order valence-electron chi connectivity index (χ1n) is 5.39. The monoisotopic (exact) mass is 318 g/mol. The van der Waals surface area contributed by atoms with Gasteiger partial charge in [-0.15, -0.1) is 0 Å². The summed E-state index contributed by atoms with van der Waals surface area (Å²) >= 11 is 9.25. The second kappa shape index (κ2) is 5.85. The third-order valence-electron chi connectivity index (χ3n) is 2.96. The number of carbonyl (C=O) groups excluding carboxylic acids is 1. The van der Waals surface area contributed by atoms with Gasteiger partial charge in [0.05, 0.1) is 11.1 Å². The molecule has 0 aromatic heterocycles. The molecule has 1 aromatic carbocycles. The highest BCUT2D eigenvalue weighted by molar-refractivity contribution is 9.10. The van der Waals surface area contributed by atoms with E-state index in [1.807, 2.05) is 13.8 Å². The van der Waals surface area contributed by atoms with Crippen LogP contribution in [-0.4, -0.2) is 12.5 Å². The molecule has 0 spiro atoms. The second-order valence-electron chi connectivity index (χ2n) is 4.20. The summed E-state index contributed by atoms with van der Waals surface area (Å²) in [6, 6.07) is 5.25. The third-order valence-corrected chi connectivity index (χ3v) is 3.88. The molecule has 1 unspecified atom stereocenters. The molecule has 0 saturated carbocycles. The minimum atomic E-state index is -0.554. The van der Waals surface area contributed by atoms with Crippen molar-refractivity contribution in [2.75, 3.05) is 11.9 Å². The summed E-state index contributed by atoms with van der Waals surface area (Å²) in [5, 5.41) is 3.42. The van der Waals surface area contributed by atoms with Crippen molar-refractivity contribution in [3.05, 3.63) is 27.7 Å². The van der Waals surface area contributed by atoms with Crippen LogP contribution in [0, 0.1) is 5.41 Å². The lowest BCUT2D eigenvalue weighted by molar-refractivity contribution is -0.124. The molecule has 3 nitrogen and oxygen atoms in total. The first-order valence-corrected chi connectivity index (χ1v) is 6.56. The molecule has 0 heterocycles. The van der Waals surface area contributed by atoms with Gasteiger partial charge in [0, 0.05) is 16.0 Å². The van der Waals surface area contributed by atoms with E-state index >= 15 is 0 Å². The van der Waals surface area contributed by atoms with Crippen LogP contribution in [0.5, 0.6) is 0 Å². The number of anilines is 1. The van der Waals surface area contributed by atoms with Gasteiger partial charge < -0.3 is 11.1 Å². The Hall–Kier alpha value is -0.580. The van der Waals surface area contributed by atoms with Crippen LogP contribution in [0.3, 0.4) is 0 Å². The molecule has 1 atom stereocenters. The molecular weight excluding hydrogens is 304 g/mol. The fourth-order valence-electron chi connectivity index (χ4n) is 1.26. The van der Waals surface area contributed by atoms with Crippen molar-refractivity contribution in [3.8, 4) is 0 Å². The summed E-state index contributed by atoms with van der Waals surface area (Å²) in [5.74, 6) is -0.0922. The van der Waals surface area contributed by atoms with Crippen molar-refractivity contribution >= 4 is 39.1 Å². The van der Waals surface area contributed by atoms with E-state index in [0.717, 1.165) is 4.47 Å². The van der Waals surface area contributed by atoms with Crippen LogP contribution in [0.2, 0.25) is 5.02 Å². The first kappa shape index (κ1) is 14.5. The lowest BCUT2D eigenvalue weighted by atomic mass is 9.86. The number of nitrogens with one attached hydrogen (secondary N) is 1. The van der Waals surface area contributed by atoms with Gasteiger partial charge in [0.25, 0.3) is 0 Å². The average molecular weight is 320 g/mol. The third kappa shape index (κ3) is 3.44. The maximum absolute atomic E-state index is 12.1. The Kier molecular flexibility index (Phi) is 4.98. The van der Waals surface area contributed by atoms with E-state index in [9.17, 15) is 4.79 Å². The van der Waals surface area contributed by atoms with Gasteiger partial charge in [-0.3, -0.25) is 4.79 Å². The predicted octanol–water partition coefficient (Wildman–Crippen LogP) is 3.42. The van der Waals surface area contributed by atoms with Crippen LogP contribution in [0.4, 0.5) is 5.69 Å². The Bertz CT molecular complexity index is 419. The van der Waals surface area contributed by atoms with E-state index in [-0.39, 0.29) is 5.91 Å². The maximum Gasteiger partial charge on any atom is 0.231 e. The quantitative estimate of drug-likeness (QED) is 0.893. The van der Waals surface area contributed by atoms with E-state index in [1.165, 1.54) is 0 Å². The molecule has 1 amide bonds. The molecule has 0 aliphatic rings. The molecule has 1 aromatic rings. The number of rotatable bonds is 4. The van der Waals surface area contributed by atoms with E-state index in [0.29, 0.717) is 23.7 Å². The minimum Gasteiger partial charge on any atom is -0.329 e. The minimum absolute atomic E-state index is 0.0922. The Labute approximate surface area is 115 Å². The van der Waals surface area contributed by atoms with Gasteiger partial charge in [0.15, 0.2) is 0 Å². The lowest BCUT2D eigenvalue weighted by Crippen LogP contribution is -2.39. The van der Waals surface area contributed by atoms with Crippen molar-refractivity contribution in [2.45, 2.75) is 20.3 Å². The molecular formula is C12H16BrClN2O. The van der Waals surface area contributed by atoms with E-state index in [4.69, 9.17) is 17.3 Å². The van der Waals surface area contributed by atoms with Crippen LogP contribution in [-0.2, 0) is 4.79 Å². The average Bonchev–Trinajstić information content (AvgIpc) is 2.32. The Morgan fingerprint density at radius 1 is 1.59 bits per heavy atom. The van der Waals surface area contributed by atoms with Crippen molar-refractivity contribution in [1.29, 1.82) is 0 Å². The molecule has 94 valence electrons. The van der Waals surface area contributed by atoms with E-state index < -0.39 is 5.41 Å². The molecule has 0 saturated heterocycles. The molecule has 0 bridgehead atoms. The van der Waals surface area contributed by atoms with Crippen molar-refractivity contribution in [2.24, 2.45) is 11.1 Å². The predicted molar refractivity (Wildman–Crippen MR) is 75.2 cm³/mol. The van der Waals surface area contributed by atoms with Crippen LogP contribution in [0.1, 0.15) is 20.3 Å². The highest BCUT2D eigenvalue weighted by Crippen LogP contribution is 2.28. The van der Waals surface area contributed by atoms with Gasteiger partial charge in [-0.2, -0.15) is 0 Å². The molecule has 0 aliphatic heterocycles. The SMILES string of the molecule is CCC(C)(CN)C(=O)Nc1cc(Cl)ccc1Br. The zero-order chi connectivity index (χ0) is 13.1. The molecule has 1 rings (SSSR count). The standard InChI is InChI=1S/C12H16BrClN2O/c1-3-12(2,7-15)11(17)16-10-6-8(14)4-5-9(10)13/h4-6H,3,7,15H2,1-2H3,(H,16,17). The molecule has 5 heteroatoms. The number of halogens is 2. The Balaban J connectivity index is 2.91. The van der Waals surface area contributed by atoms with E-state index in [1.54, 1.807) is 18.2 Å². The van der Waals surface area contributed by atoms with Gasteiger partial charge in [0.2, 0.25) is 5.91 Å². The summed E-state index contributed by atoms with van der Waals surface area (Å²) in [5.41, 5.74) is 5.75. The van der Waals surface area contributed by atoms with Gasteiger partial charge in [-0.05, 0) is 47.5 Å². The molecule has 0 radical (unpaired) electrons. The smallest absolute Gasteiger partial charge is 0.231 e. The number of carbonyl (C=O) groups is 1. The van der Waals surface area contributed by atoms with E-state index in [2.05, 4.69) is 21.2 Å². The molecule has 0 aliphatic carbocycles. The van der Waals surface area contributed by atoms with Crippen LogP contribution < -0.4 is 11.1 Å². The van der Waals surface area contributed by atoms with Crippen molar-refractivity contribution in [3.63, 3.8) is 0 Å². The van der Waals surface area contributed by atoms with Crippen molar-refractivity contribution < 1.29 is 4.79 Å². The number of benzene rings is 1. The second-order valence-corrected chi connectivity index (χ2v) is 5.49.